The van der Waals surface area contributed by atoms with Gasteiger partial charge < -0.3 is 15.8 Å². The standard InChI is InChI=1S/C16H25N3O2/c1-3-19(12-6-4-5-7-12)11-16(20)18-15-9-8-13(21-2)10-14(15)17/h8-10,12H,3-7,11,17H2,1-2H3,(H,18,20). The maximum absolute atomic E-state index is 12.2. The Kier molecular flexibility index (Phi) is 5.44. The first kappa shape index (κ1) is 15.6. The van der Waals surface area contributed by atoms with Crippen molar-refractivity contribution in [2.24, 2.45) is 0 Å². The van der Waals surface area contributed by atoms with E-state index in [9.17, 15) is 4.79 Å². The molecule has 1 aromatic carbocycles. The minimum absolute atomic E-state index is 0.0133. The molecule has 3 N–H and O–H groups in total. The zero-order valence-corrected chi connectivity index (χ0v) is 12.9. The lowest BCUT2D eigenvalue weighted by molar-refractivity contribution is -0.117. The van der Waals surface area contributed by atoms with Crippen molar-refractivity contribution in [3.05, 3.63) is 18.2 Å². The van der Waals surface area contributed by atoms with Gasteiger partial charge in [-0.1, -0.05) is 19.8 Å². The van der Waals surface area contributed by atoms with E-state index >= 15 is 0 Å². The highest BCUT2D eigenvalue weighted by atomic mass is 16.5. The Morgan fingerprint density at radius 2 is 2.14 bits per heavy atom. The van der Waals surface area contributed by atoms with Crippen molar-refractivity contribution in [1.29, 1.82) is 0 Å². The number of hydrogen-bond acceptors (Lipinski definition) is 4. The van der Waals surface area contributed by atoms with E-state index < -0.39 is 0 Å². The zero-order chi connectivity index (χ0) is 15.2. The van der Waals surface area contributed by atoms with Crippen LogP contribution in [-0.4, -0.2) is 37.0 Å². The minimum atomic E-state index is -0.0133. The van der Waals surface area contributed by atoms with Gasteiger partial charge in [-0.15, -0.1) is 0 Å². The van der Waals surface area contributed by atoms with Crippen molar-refractivity contribution >= 4 is 17.3 Å². The number of nitrogens with two attached hydrogens (primary N) is 1. The van der Waals surface area contributed by atoms with Crippen LogP contribution >= 0.6 is 0 Å². The first-order chi connectivity index (χ1) is 10.1. The molecule has 0 bridgehead atoms. The molecule has 2 rings (SSSR count). The van der Waals surface area contributed by atoms with Crippen molar-refractivity contribution in [1.82, 2.24) is 4.90 Å². The van der Waals surface area contributed by atoms with Crippen molar-refractivity contribution in [2.45, 2.75) is 38.6 Å². The summed E-state index contributed by atoms with van der Waals surface area (Å²) in [5, 5.41) is 2.89. The molecule has 1 aliphatic rings. The second-order valence-corrected chi connectivity index (χ2v) is 5.50. The highest BCUT2D eigenvalue weighted by Crippen LogP contribution is 2.25. The number of carbonyl (C=O) groups is 1. The summed E-state index contributed by atoms with van der Waals surface area (Å²) in [5.41, 5.74) is 7.08. The van der Waals surface area contributed by atoms with Crippen LogP contribution in [0.3, 0.4) is 0 Å². The Labute approximate surface area is 126 Å². The molecule has 0 atom stereocenters. The van der Waals surface area contributed by atoms with E-state index in [1.54, 1.807) is 25.3 Å². The molecule has 0 heterocycles. The Morgan fingerprint density at radius 3 is 2.71 bits per heavy atom. The lowest BCUT2D eigenvalue weighted by atomic mass is 10.2. The number of nitrogens with one attached hydrogen (secondary N) is 1. The third-order valence-corrected chi connectivity index (χ3v) is 4.13. The van der Waals surface area contributed by atoms with Gasteiger partial charge in [-0.2, -0.15) is 0 Å². The molecule has 0 saturated heterocycles. The second kappa shape index (κ2) is 7.31. The van der Waals surface area contributed by atoms with Gasteiger partial charge in [0.15, 0.2) is 0 Å². The number of nitrogens with zero attached hydrogens (tertiary/aromatic N) is 1. The van der Waals surface area contributed by atoms with E-state index in [0.29, 0.717) is 29.7 Å². The summed E-state index contributed by atoms with van der Waals surface area (Å²) in [6.45, 7) is 3.43. The smallest absolute Gasteiger partial charge is 0.238 e. The average molecular weight is 291 g/mol. The fourth-order valence-electron chi connectivity index (χ4n) is 2.92. The van der Waals surface area contributed by atoms with Crippen LogP contribution < -0.4 is 15.8 Å². The van der Waals surface area contributed by atoms with Gasteiger partial charge in [-0.05, 0) is 31.5 Å². The summed E-state index contributed by atoms with van der Waals surface area (Å²) in [7, 11) is 1.59. The fourth-order valence-corrected chi connectivity index (χ4v) is 2.92. The largest absolute Gasteiger partial charge is 0.497 e. The van der Waals surface area contributed by atoms with E-state index in [4.69, 9.17) is 10.5 Å². The molecule has 116 valence electrons. The highest BCUT2D eigenvalue weighted by Gasteiger charge is 2.23. The summed E-state index contributed by atoms with van der Waals surface area (Å²) in [4.78, 5) is 14.5. The Bertz CT molecular complexity index is 484. The number of carbonyl (C=O) groups excluding carboxylic acids is 1. The molecular formula is C16H25N3O2. The van der Waals surface area contributed by atoms with Crippen LogP contribution in [0.1, 0.15) is 32.6 Å². The van der Waals surface area contributed by atoms with Crippen molar-refractivity contribution in [3.63, 3.8) is 0 Å². The van der Waals surface area contributed by atoms with E-state index in [1.807, 2.05) is 0 Å². The van der Waals surface area contributed by atoms with Crippen LogP contribution in [0.4, 0.5) is 11.4 Å². The van der Waals surface area contributed by atoms with E-state index in [-0.39, 0.29) is 5.91 Å². The minimum Gasteiger partial charge on any atom is -0.497 e. The number of benzene rings is 1. The Morgan fingerprint density at radius 1 is 1.43 bits per heavy atom. The molecule has 1 fully saturated rings. The van der Waals surface area contributed by atoms with Crippen LogP contribution in [0.2, 0.25) is 0 Å². The molecule has 1 aliphatic carbocycles. The highest BCUT2D eigenvalue weighted by molar-refractivity contribution is 5.95. The van der Waals surface area contributed by atoms with Gasteiger partial charge in [0, 0.05) is 12.1 Å². The molecule has 1 amide bonds. The van der Waals surface area contributed by atoms with Gasteiger partial charge in [0.2, 0.25) is 5.91 Å². The molecule has 1 aromatic rings. The van der Waals surface area contributed by atoms with E-state index in [0.717, 1.165) is 6.54 Å². The van der Waals surface area contributed by atoms with Crippen molar-refractivity contribution in [2.75, 3.05) is 31.2 Å². The lowest BCUT2D eigenvalue weighted by Gasteiger charge is -2.26. The lowest BCUT2D eigenvalue weighted by Crippen LogP contribution is -2.39. The van der Waals surface area contributed by atoms with Crippen LogP contribution in [0.5, 0.6) is 5.75 Å². The van der Waals surface area contributed by atoms with E-state index in [2.05, 4.69) is 17.1 Å². The van der Waals surface area contributed by atoms with Gasteiger partial charge in [-0.3, -0.25) is 9.69 Å². The third kappa shape index (κ3) is 4.11. The summed E-state index contributed by atoms with van der Waals surface area (Å²) in [6, 6.07) is 5.83. The van der Waals surface area contributed by atoms with Gasteiger partial charge in [0.1, 0.15) is 5.75 Å². The predicted molar refractivity (Wildman–Crippen MR) is 85.5 cm³/mol. The fraction of sp³-hybridized carbons (Fsp3) is 0.562. The summed E-state index contributed by atoms with van der Waals surface area (Å²) in [6.07, 6.45) is 4.94. The number of nitrogen functional groups attached to an aromatic ring is 1. The van der Waals surface area contributed by atoms with Gasteiger partial charge in [0.05, 0.1) is 25.0 Å². The molecule has 0 unspecified atom stereocenters. The normalized spacial score (nSPS) is 15.4. The molecule has 0 radical (unpaired) electrons. The number of rotatable bonds is 6. The molecule has 5 nitrogen and oxygen atoms in total. The Hall–Kier alpha value is -1.75. The van der Waals surface area contributed by atoms with E-state index in [1.165, 1.54) is 25.7 Å². The van der Waals surface area contributed by atoms with Crippen LogP contribution in [0.25, 0.3) is 0 Å². The average Bonchev–Trinajstić information content (AvgIpc) is 3.01. The SMILES string of the molecule is CCN(CC(=O)Nc1ccc(OC)cc1N)C1CCCC1. The third-order valence-electron chi connectivity index (χ3n) is 4.13. The maximum atomic E-state index is 12.2. The molecule has 5 heteroatoms. The zero-order valence-electron chi connectivity index (χ0n) is 12.9. The number of anilines is 2. The van der Waals surface area contributed by atoms with Crippen LogP contribution in [0.15, 0.2) is 18.2 Å². The molecule has 0 aliphatic heterocycles. The Balaban J connectivity index is 1.94. The molecular weight excluding hydrogens is 266 g/mol. The second-order valence-electron chi connectivity index (χ2n) is 5.50. The van der Waals surface area contributed by atoms with Crippen LogP contribution in [-0.2, 0) is 4.79 Å². The molecule has 0 spiro atoms. The first-order valence-corrected chi connectivity index (χ1v) is 7.61. The van der Waals surface area contributed by atoms with Gasteiger partial charge in [-0.25, -0.2) is 0 Å². The maximum Gasteiger partial charge on any atom is 0.238 e. The molecule has 0 aromatic heterocycles. The van der Waals surface area contributed by atoms with Gasteiger partial charge in [0.25, 0.3) is 0 Å². The number of likely N-dealkylation sites (N-methyl/N-ethyl adjacent to an activating group) is 1. The number of ether oxygens (including phenoxy) is 1. The van der Waals surface area contributed by atoms with Crippen LogP contribution in [0, 0.1) is 0 Å². The summed E-state index contributed by atoms with van der Waals surface area (Å²) >= 11 is 0. The van der Waals surface area contributed by atoms with Crippen molar-refractivity contribution < 1.29 is 9.53 Å². The predicted octanol–water partition coefficient (Wildman–Crippen LogP) is 2.48. The number of methoxy groups -OCH3 is 1. The first-order valence-electron chi connectivity index (χ1n) is 7.61. The molecule has 21 heavy (non-hydrogen) atoms. The topological polar surface area (TPSA) is 67.6 Å². The molecule has 1 saturated carbocycles. The van der Waals surface area contributed by atoms with Gasteiger partial charge >= 0.3 is 0 Å². The number of hydrogen-bond donors (Lipinski definition) is 2. The quantitative estimate of drug-likeness (QED) is 0.790. The summed E-state index contributed by atoms with van der Waals surface area (Å²) in [5.74, 6) is 0.673. The van der Waals surface area contributed by atoms with Crippen molar-refractivity contribution in [3.8, 4) is 5.75 Å². The number of amides is 1. The summed E-state index contributed by atoms with van der Waals surface area (Å²) < 4.78 is 5.10. The monoisotopic (exact) mass is 291 g/mol.